The van der Waals surface area contributed by atoms with Crippen LogP contribution in [0.4, 0.5) is 0 Å². The molecule has 0 saturated heterocycles. The summed E-state index contributed by atoms with van der Waals surface area (Å²) in [4.78, 5) is 20.7. The zero-order chi connectivity index (χ0) is 20.5. The molecule has 0 N–H and O–H groups in total. The predicted molar refractivity (Wildman–Crippen MR) is 126 cm³/mol. The molecule has 2 aromatic heterocycles. The Labute approximate surface area is 189 Å². The molecule has 0 unspecified atom stereocenters. The number of nitrogens with zero attached hydrogens (tertiary/aromatic N) is 2. The molecule has 2 heterocycles. The van der Waals surface area contributed by atoms with Gasteiger partial charge in [0, 0.05) is 27.2 Å². The van der Waals surface area contributed by atoms with Gasteiger partial charge in [-0.1, -0.05) is 54.9 Å². The topological polar surface area (TPSA) is 34.9 Å². The van der Waals surface area contributed by atoms with Crippen LogP contribution < -0.4 is 5.56 Å². The van der Waals surface area contributed by atoms with Crippen LogP contribution >= 0.6 is 46.3 Å². The normalized spacial score (nSPS) is 14.0. The van der Waals surface area contributed by atoms with Crippen molar-refractivity contribution >= 4 is 56.5 Å². The van der Waals surface area contributed by atoms with Crippen molar-refractivity contribution in [3.05, 3.63) is 54.6 Å². The fraction of sp³-hybridized carbons (Fsp3) is 0.455. The quantitative estimate of drug-likeness (QED) is 0.290. The molecule has 1 aromatic carbocycles. The molecule has 154 valence electrons. The van der Waals surface area contributed by atoms with E-state index in [1.807, 2.05) is 22.8 Å². The van der Waals surface area contributed by atoms with E-state index in [1.165, 1.54) is 16.9 Å². The number of halogens is 2. The van der Waals surface area contributed by atoms with Gasteiger partial charge in [-0.25, -0.2) is 4.98 Å². The van der Waals surface area contributed by atoms with Gasteiger partial charge in [0.05, 0.1) is 5.39 Å². The smallest absolute Gasteiger partial charge is 0.263 e. The third-order valence-electron chi connectivity index (χ3n) is 5.38. The third-order valence-corrected chi connectivity index (χ3v) is 8.27. The maximum absolute atomic E-state index is 13.5. The molecule has 0 atom stereocenters. The maximum atomic E-state index is 13.5. The van der Waals surface area contributed by atoms with Gasteiger partial charge in [0.25, 0.3) is 5.56 Å². The second-order valence-corrected chi connectivity index (χ2v) is 10.8. The lowest BCUT2D eigenvalue weighted by atomic mass is 9.97. The molecule has 0 amide bonds. The Bertz CT molecular complexity index is 1080. The highest BCUT2D eigenvalue weighted by atomic mass is 35.5. The largest absolute Gasteiger partial charge is 0.287 e. The Morgan fingerprint density at radius 3 is 2.66 bits per heavy atom. The number of hydrogen-bond acceptors (Lipinski definition) is 4. The van der Waals surface area contributed by atoms with Crippen molar-refractivity contribution in [1.82, 2.24) is 9.55 Å². The van der Waals surface area contributed by atoms with Crippen LogP contribution in [-0.4, -0.2) is 9.55 Å². The minimum absolute atomic E-state index is 0.114. The number of thioether (sulfide) groups is 1. The van der Waals surface area contributed by atoms with Gasteiger partial charge in [0.15, 0.2) is 5.16 Å². The summed E-state index contributed by atoms with van der Waals surface area (Å²) in [6.45, 7) is 5.04. The van der Waals surface area contributed by atoms with E-state index >= 15 is 0 Å². The maximum Gasteiger partial charge on any atom is 0.263 e. The van der Waals surface area contributed by atoms with E-state index in [1.54, 1.807) is 23.1 Å². The molecule has 0 aliphatic heterocycles. The number of benzene rings is 1. The van der Waals surface area contributed by atoms with Crippen LogP contribution in [0.3, 0.4) is 0 Å². The first-order valence-electron chi connectivity index (χ1n) is 10.1. The number of thiophene rings is 1. The monoisotopic (exact) mass is 466 g/mol. The summed E-state index contributed by atoms with van der Waals surface area (Å²) in [6.07, 6.45) is 5.37. The van der Waals surface area contributed by atoms with Crippen LogP contribution in [0, 0.1) is 5.92 Å². The van der Waals surface area contributed by atoms with Gasteiger partial charge in [-0.05, 0) is 61.3 Å². The molecule has 29 heavy (non-hydrogen) atoms. The van der Waals surface area contributed by atoms with Crippen LogP contribution in [0.1, 0.15) is 49.1 Å². The molecule has 0 spiro atoms. The second-order valence-electron chi connectivity index (χ2n) is 7.91. The summed E-state index contributed by atoms with van der Waals surface area (Å²) in [5, 5.41) is 2.91. The number of aryl methyl sites for hydroxylation is 2. The van der Waals surface area contributed by atoms with Crippen molar-refractivity contribution in [2.75, 3.05) is 0 Å². The fourth-order valence-corrected chi connectivity index (χ4v) is 6.79. The van der Waals surface area contributed by atoms with Gasteiger partial charge in [-0.3, -0.25) is 9.36 Å². The molecule has 0 saturated carbocycles. The minimum atomic E-state index is 0.114. The van der Waals surface area contributed by atoms with Gasteiger partial charge in [0.2, 0.25) is 0 Å². The zero-order valence-corrected chi connectivity index (χ0v) is 19.8. The summed E-state index contributed by atoms with van der Waals surface area (Å²) in [5.74, 6) is 1.10. The summed E-state index contributed by atoms with van der Waals surface area (Å²) >= 11 is 15.9. The van der Waals surface area contributed by atoms with E-state index in [0.29, 0.717) is 28.3 Å². The van der Waals surface area contributed by atoms with Crippen molar-refractivity contribution < 1.29 is 0 Å². The lowest BCUT2D eigenvalue weighted by Gasteiger charge is -2.15. The van der Waals surface area contributed by atoms with Crippen LogP contribution in [0.15, 0.2) is 28.2 Å². The Kier molecular flexibility index (Phi) is 6.59. The highest BCUT2D eigenvalue weighted by molar-refractivity contribution is 7.98. The molecule has 7 heteroatoms. The SMILES string of the molecule is CC(C)CCn1c(SCc2c(Cl)cccc2Cl)nc2sc3c(c2c1=O)CCCC3. The Morgan fingerprint density at radius 1 is 1.21 bits per heavy atom. The van der Waals surface area contributed by atoms with E-state index in [2.05, 4.69) is 13.8 Å². The van der Waals surface area contributed by atoms with Gasteiger partial charge in [0.1, 0.15) is 4.83 Å². The van der Waals surface area contributed by atoms with Crippen LogP contribution in [0.5, 0.6) is 0 Å². The molecular weight excluding hydrogens is 443 g/mol. The van der Waals surface area contributed by atoms with Gasteiger partial charge >= 0.3 is 0 Å². The number of rotatable bonds is 6. The van der Waals surface area contributed by atoms with E-state index in [9.17, 15) is 4.79 Å². The summed E-state index contributed by atoms with van der Waals surface area (Å²) < 4.78 is 1.87. The van der Waals surface area contributed by atoms with Gasteiger partial charge in [-0.2, -0.15) is 0 Å². The molecule has 3 nitrogen and oxygen atoms in total. The molecule has 0 radical (unpaired) electrons. The van der Waals surface area contributed by atoms with Crippen LogP contribution in [0.25, 0.3) is 10.2 Å². The average molecular weight is 467 g/mol. The Morgan fingerprint density at radius 2 is 1.93 bits per heavy atom. The third kappa shape index (κ3) is 4.39. The molecule has 1 aliphatic rings. The van der Waals surface area contributed by atoms with Crippen LogP contribution in [0.2, 0.25) is 10.0 Å². The molecular formula is C22H24Cl2N2OS2. The zero-order valence-electron chi connectivity index (χ0n) is 16.6. The number of fused-ring (bicyclic) bond motifs is 3. The molecule has 4 rings (SSSR count). The highest BCUT2D eigenvalue weighted by Gasteiger charge is 2.22. The van der Waals surface area contributed by atoms with E-state index in [-0.39, 0.29) is 5.56 Å². The standard InChI is InChI=1S/C22H24Cl2N2OS2/c1-13(2)10-11-26-21(27)19-14-6-3-4-9-18(14)29-20(19)25-22(26)28-12-15-16(23)7-5-8-17(15)24/h5,7-8,13H,3-4,6,9-12H2,1-2H3. The number of aromatic nitrogens is 2. The fourth-order valence-electron chi connectivity index (χ4n) is 3.72. The summed E-state index contributed by atoms with van der Waals surface area (Å²) in [5.41, 5.74) is 2.25. The van der Waals surface area contributed by atoms with Crippen molar-refractivity contribution in [2.24, 2.45) is 5.92 Å². The molecule has 3 aromatic rings. The van der Waals surface area contributed by atoms with Crippen LogP contribution in [-0.2, 0) is 25.1 Å². The first-order chi connectivity index (χ1) is 14.0. The van der Waals surface area contributed by atoms with Crippen molar-refractivity contribution in [1.29, 1.82) is 0 Å². The predicted octanol–water partition coefficient (Wildman–Crippen LogP) is 6.98. The lowest BCUT2D eigenvalue weighted by Crippen LogP contribution is -2.24. The Balaban J connectivity index is 1.76. The first kappa shape index (κ1) is 21.2. The number of hydrogen-bond donors (Lipinski definition) is 0. The van der Waals surface area contributed by atoms with Gasteiger partial charge in [-0.15, -0.1) is 11.3 Å². The van der Waals surface area contributed by atoms with Crippen molar-refractivity contribution in [3.63, 3.8) is 0 Å². The highest BCUT2D eigenvalue weighted by Crippen LogP contribution is 2.36. The summed E-state index contributed by atoms with van der Waals surface area (Å²) in [7, 11) is 0. The lowest BCUT2D eigenvalue weighted by molar-refractivity contribution is 0.481. The Hall–Kier alpha value is -1.01. The first-order valence-corrected chi connectivity index (χ1v) is 12.6. The molecule has 1 aliphatic carbocycles. The molecule has 0 bridgehead atoms. The second kappa shape index (κ2) is 9.01. The van der Waals surface area contributed by atoms with Crippen molar-refractivity contribution in [3.8, 4) is 0 Å². The minimum Gasteiger partial charge on any atom is -0.287 e. The van der Waals surface area contributed by atoms with E-state index in [4.69, 9.17) is 28.2 Å². The molecule has 0 fully saturated rings. The van der Waals surface area contributed by atoms with Gasteiger partial charge < -0.3 is 0 Å². The van der Waals surface area contributed by atoms with Crippen molar-refractivity contribution in [2.45, 2.75) is 63.4 Å². The van der Waals surface area contributed by atoms with E-state index in [0.717, 1.165) is 46.6 Å². The average Bonchev–Trinajstić information content (AvgIpc) is 3.05. The summed E-state index contributed by atoms with van der Waals surface area (Å²) in [6, 6.07) is 5.54. The van der Waals surface area contributed by atoms with E-state index < -0.39 is 0 Å².